The van der Waals surface area contributed by atoms with E-state index in [0.29, 0.717) is 5.69 Å². The third-order valence-corrected chi connectivity index (χ3v) is 19.9. The van der Waals surface area contributed by atoms with Gasteiger partial charge in [0.1, 0.15) is 0 Å². The van der Waals surface area contributed by atoms with Crippen molar-refractivity contribution in [3.8, 4) is 61.3 Å². The largest absolute Gasteiger partial charge is 0.311 e. The van der Waals surface area contributed by atoms with Crippen molar-refractivity contribution < 1.29 is 11.0 Å². The highest BCUT2D eigenvalue weighted by atomic mass is 15.2. The van der Waals surface area contributed by atoms with E-state index >= 15 is 0 Å². The van der Waals surface area contributed by atoms with Gasteiger partial charge in [0.25, 0.3) is 6.71 Å². The molecular formula is C92H88BN3. The average molecular weight is 1250 g/mol. The molecule has 474 valence electrons. The second kappa shape index (κ2) is 22.9. The van der Waals surface area contributed by atoms with Crippen molar-refractivity contribution in [1.82, 2.24) is 4.57 Å². The Bertz CT molecular complexity index is 5500. The van der Waals surface area contributed by atoms with Crippen LogP contribution in [0.3, 0.4) is 0 Å². The van der Waals surface area contributed by atoms with Crippen LogP contribution in [-0.4, -0.2) is 11.3 Å². The Hall–Kier alpha value is -9.90. The fraction of sp³-hybridized carbons (Fsp3) is 0.217. The average Bonchev–Trinajstić information content (AvgIpc) is 0.912. The van der Waals surface area contributed by atoms with Gasteiger partial charge in [0.2, 0.25) is 0 Å². The predicted molar refractivity (Wildman–Crippen MR) is 415 cm³/mol. The Kier molecular flexibility index (Phi) is 12.7. The van der Waals surface area contributed by atoms with E-state index in [9.17, 15) is 8.22 Å². The Balaban J connectivity index is 1.11. The van der Waals surface area contributed by atoms with E-state index in [1.165, 1.54) is 22.3 Å². The molecule has 0 saturated carbocycles. The first-order chi connectivity index (χ1) is 49.1. The Morgan fingerprint density at radius 1 is 0.281 bits per heavy atom. The first-order valence-electron chi connectivity index (χ1n) is 37.9. The van der Waals surface area contributed by atoms with Gasteiger partial charge in [-0.15, -0.1) is 0 Å². The lowest BCUT2D eigenvalue weighted by Gasteiger charge is -2.46. The van der Waals surface area contributed by atoms with Crippen molar-refractivity contribution >= 4 is 79.0 Å². The molecule has 0 radical (unpaired) electrons. The van der Waals surface area contributed by atoms with E-state index in [2.05, 4.69) is 320 Å². The summed E-state index contributed by atoms with van der Waals surface area (Å²) in [7, 11) is 0. The highest BCUT2D eigenvalue weighted by Gasteiger charge is 2.45. The number of para-hydroxylation sites is 4. The van der Waals surface area contributed by atoms with Crippen LogP contribution in [0.4, 0.5) is 34.1 Å². The van der Waals surface area contributed by atoms with Crippen molar-refractivity contribution in [2.24, 2.45) is 0 Å². The lowest BCUT2D eigenvalue weighted by molar-refractivity contribution is 0.568. The number of nitrogens with zero attached hydrogens (tertiary/aromatic N) is 3. The maximum Gasteiger partial charge on any atom is 0.252 e. The summed E-state index contributed by atoms with van der Waals surface area (Å²) in [6, 6.07) is 74.7. The standard InChI is InChI=1S/C92H88BN3/c1-88(2,3)67-49-65(50-68(54-67)89(4,5)6)73-34-22-26-38-79(73)95-83-45-42-61(64-47-62(59-30-18-16-19-31-59)46-63(48-64)60-32-20-17-21-33-60)53-78(83)93-77-44-43-72(94-81-40-28-24-36-75(81)76-37-25-29-41-82(76)94)58-84(77)96(86-57-71(92(13,14)15)56-85(95)87(86)93)80-39-27-23-35-74(80)66-51-69(90(7,8)9)55-70(52-66)91(10,11)12/h16-58H,1-15H3/i24D,25D,28D,29D,36D,37D,40D,41D. The molecule has 3 nitrogen and oxygen atoms in total. The fourth-order valence-corrected chi connectivity index (χ4v) is 14.4. The van der Waals surface area contributed by atoms with Crippen molar-refractivity contribution in [1.29, 1.82) is 0 Å². The molecule has 12 aromatic carbocycles. The minimum atomic E-state index is -0.488. The maximum absolute atomic E-state index is 9.76. The van der Waals surface area contributed by atoms with Gasteiger partial charge in [0.05, 0.1) is 33.4 Å². The van der Waals surface area contributed by atoms with Gasteiger partial charge in [-0.2, -0.15) is 0 Å². The molecule has 0 N–H and O–H groups in total. The van der Waals surface area contributed by atoms with E-state index in [0.717, 1.165) is 112 Å². The molecule has 13 aromatic rings. The highest BCUT2D eigenvalue weighted by Crippen LogP contribution is 2.52. The van der Waals surface area contributed by atoms with Crippen LogP contribution >= 0.6 is 0 Å². The summed E-state index contributed by atoms with van der Waals surface area (Å²) in [5, 5.41) is 0.0495. The summed E-state index contributed by atoms with van der Waals surface area (Å²) in [6.07, 6.45) is 0. The van der Waals surface area contributed by atoms with Gasteiger partial charge in [-0.25, -0.2) is 0 Å². The molecule has 0 fully saturated rings. The number of hydrogen-bond acceptors (Lipinski definition) is 2. The summed E-state index contributed by atoms with van der Waals surface area (Å²) in [5.74, 6) is 0. The molecule has 2 aliphatic heterocycles. The molecule has 0 bridgehead atoms. The van der Waals surface area contributed by atoms with Crippen LogP contribution in [0.2, 0.25) is 0 Å². The molecule has 0 aliphatic carbocycles. The normalized spacial score (nSPS) is 14.5. The highest BCUT2D eigenvalue weighted by molar-refractivity contribution is 7.00. The van der Waals surface area contributed by atoms with Gasteiger partial charge < -0.3 is 14.4 Å². The number of hydrogen-bond donors (Lipinski definition) is 0. The number of aromatic nitrogens is 1. The number of rotatable bonds is 8. The van der Waals surface area contributed by atoms with Crippen LogP contribution in [0, 0.1) is 0 Å². The van der Waals surface area contributed by atoms with Gasteiger partial charge in [0, 0.05) is 50.3 Å². The molecular weight excluding hydrogens is 1160 g/mol. The lowest BCUT2D eigenvalue weighted by atomic mass is 9.33. The smallest absolute Gasteiger partial charge is 0.252 e. The maximum atomic E-state index is 9.76. The minimum Gasteiger partial charge on any atom is -0.311 e. The molecule has 0 spiro atoms. The van der Waals surface area contributed by atoms with E-state index < -0.39 is 36.3 Å². The van der Waals surface area contributed by atoms with Crippen LogP contribution in [0.25, 0.3) is 83.1 Å². The van der Waals surface area contributed by atoms with E-state index in [4.69, 9.17) is 2.74 Å². The Morgan fingerprint density at radius 2 is 0.677 bits per heavy atom. The zero-order chi connectivity index (χ0) is 73.9. The summed E-state index contributed by atoms with van der Waals surface area (Å²) in [6.45, 7) is 33.8. The monoisotopic (exact) mass is 1250 g/mol. The SMILES string of the molecule is [2H]c1c([2H])c([2H])c2c(c1[2H])c1c([2H])c([2H])c([2H])c([2H])c1n2-c1ccc2c(c1)N(c1ccccc1-c1cc(C(C)(C)C)cc(C(C)(C)C)c1)c1cc(C(C)(C)C)cc3c1B2c1cc(-c2cc(-c4ccccc4)cc(-c4ccccc4)c2)ccc1N3c1ccccc1-c1cc(C(C)(C)C)cc(C(C)(C)C)c1. The molecule has 0 saturated heterocycles. The van der Waals surface area contributed by atoms with Crippen LogP contribution in [0.1, 0.15) is 143 Å². The van der Waals surface area contributed by atoms with Crippen LogP contribution in [-0.2, 0) is 27.1 Å². The molecule has 4 heteroatoms. The quantitative estimate of drug-likeness (QED) is 0.141. The molecule has 96 heavy (non-hydrogen) atoms. The van der Waals surface area contributed by atoms with E-state index in [-0.39, 0.29) is 67.6 Å². The zero-order valence-electron chi connectivity index (χ0n) is 66.1. The van der Waals surface area contributed by atoms with E-state index in [1.54, 1.807) is 4.57 Å². The second-order valence-corrected chi connectivity index (χ2v) is 31.7. The third-order valence-electron chi connectivity index (χ3n) is 19.9. The fourth-order valence-electron chi connectivity index (χ4n) is 14.4. The topological polar surface area (TPSA) is 11.4 Å². The van der Waals surface area contributed by atoms with Crippen LogP contribution < -0.4 is 26.2 Å². The minimum absolute atomic E-state index is 0.0248. The predicted octanol–water partition coefficient (Wildman–Crippen LogP) is 23.7. The van der Waals surface area contributed by atoms with Gasteiger partial charge in [-0.1, -0.05) is 292 Å². The molecule has 15 rings (SSSR count). The molecule has 1 aromatic heterocycles. The second-order valence-electron chi connectivity index (χ2n) is 31.7. The molecule has 3 heterocycles. The van der Waals surface area contributed by atoms with Crippen LogP contribution in [0.5, 0.6) is 0 Å². The van der Waals surface area contributed by atoms with Crippen molar-refractivity contribution in [3.05, 3.63) is 288 Å². The van der Waals surface area contributed by atoms with Crippen molar-refractivity contribution in [3.63, 3.8) is 0 Å². The van der Waals surface area contributed by atoms with Gasteiger partial charge in [-0.05, 0) is 189 Å². The summed E-state index contributed by atoms with van der Waals surface area (Å²) in [4.78, 5) is 4.97. The lowest BCUT2D eigenvalue weighted by Crippen LogP contribution is -2.61. The molecule has 2 aliphatic rings. The molecule has 0 unspecified atom stereocenters. The molecule has 0 atom stereocenters. The van der Waals surface area contributed by atoms with E-state index in [1.807, 2.05) is 6.07 Å². The van der Waals surface area contributed by atoms with Gasteiger partial charge in [-0.3, -0.25) is 0 Å². The third kappa shape index (κ3) is 11.0. The van der Waals surface area contributed by atoms with Crippen LogP contribution in [0.15, 0.2) is 261 Å². The van der Waals surface area contributed by atoms with Crippen molar-refractivity contribution in [2.75, 3.05) is 9.80 Å². The molecule has 0 amide bonds. The first kappa shape index (κ1) is 53.4. The Morgan fingerprint density at radius 3 is 1.12 bits per heavy atom. The Labute approximate surface area is 582 Å². The van der Waals surface area contributed by atoms with Gasteiger partial charge >= 0.3 is 0 Å². The summed E-state index contributed by atoms with van der Waals surface area (Å²) < 4.78 is 76.7. The zero-order valence-corrected chi connectivity index (χ0v) is 58.1. The summed E-state index contributed by atoms with van der Waals surface area (Å²) in [5.41, 5.74) is 25.1. The summed E-state index contributed by atoms with van der Waals surface area (Å²) >= 11 is 0. The number of benzene rings is 12. The van der Waals surface area contributed by atoms with Crippen molar-refractivity contribution in [2.45, 2.75) is 131 Å². The first-order valence-corrected chi connectivity index (χ1v) is 33.9. The van der Waals surface area contributed by atoms with Gasteiger partial charge in [0.15, 0.2) is 0 Å². The number of anilines is 6. The number of fused-ring (bicyclic) bond motifs is 7.